The summed E-state index contributed by atoms with van der Waals surface area (Å²) in [5.41, 5.74) is 0.410. The van der Waals surface area contributed by atoms with Crippen molar-refractivity contribution in [3.05, 3.63) is 41.7 Å². The highest BCUT2D eigenvalue weighted by atomic mass is 127. The molecule has 29 heavy (non-hydrogen) atoms. The highest BCUT2D eigenvalue weighted by Gasteiger charge is 2.22. The van der Waals surface area contributed by atoms with Crippen molar-refractivity contribution >= 4 is 41.5 Å². The molecule has 0 spiro atoms. The molecule has 9 nitrogen and oxygen atoms in total. The van der Waals surface area contributed by atoms with E-state index in [0.717, 1.165) is 18.7 Å². The number of ether oxygens (including phenoxy) is 1. The van der Waals surface area contributed by atoms with Crippen LogP contribution in [0.25, 0.3) is 0 Å². The maximum Gasteiger partial charge on any atom is 0.243 e. The number of nitrogens with zero attached hydrogens (tertiary/aromatic N) is 4. The van der Waals surface area contributed by atoms with Crippen LogP contribution in [0.2, 0.25) is 0 Å². The Labute approximate surface area is 185 Å². The van der Waals surface area contributed by atoms with Crippen LogP contribution >= 0.6 is 24.0 Å². The SMILES string of the molecule is CN=C(NCC(=O)Nc1cccc(F)c1)NC1CCc2nc(COC)nn2C1.I. The van der Waals surface area contributed by atoms with Crippen molar-refractivity contribution in [2.45, 2.75) is 32.0 Å². The first-order chi connectivity index (χ1) is 13.6. The van der Waals surface area contributed by atoms with Gasteiger partial charge in [-0.25, -0.2) is 14.1 Å². The fourth-order valence-corrected chi connectivity index (χ4v) is 2.99. The molecule has 11 heteroatoms. The lowest BCUT2D eigenvalue weighted by atomic mass is 10.1. The van der Waals surface area contributed by atoms with E-state index in [-0.39, 0.29) is 42.5 Å². The number of aliphatic imine (C=N–C) groups is 1. The molecule has 0 saturated heterocycles. The van der Waals surface area contributed by atoms with Crippen molar-refractivity contribution in [2.75, 3.05) is 26.0 Å². The Bertz CT molecular complexity index is 858. The number of amides is 1. The lowest BCUT2D eigenvalue weighted by molar-refractivity contribution is -0.115. The minimum Gasteiger partial charge on any atom is -0.377 e. The van der Waals surface area contributed by atoms with Crippen LogP contribution in [0, 0.1) is 5.82 Å². The number of hydrogen-bond acceptors (Lipinski definition) is 5. The Morgan fingerprint density at radius 3 is 3.00 bits per heavy atom. The van der Waals surface area contributed by atoms with Crippen LogP contribution in [-0.2, 0) is 29.1 Å². The summed E-state index contributed by atoms with van der Waals surface area (Å²) >= 11 is 0. The summed E-state index contributed by atoms with van der Waals surface area (Å²) in [7, 11) is 3.25. The number of nitrogens with one attached hydrogen (secondary N) is 3. The maximum atomic E-state index is 13.2. The zero-order valence-corrected chi connectivity index (χ0v) is 18.6. The van der Waals surface area contributed by atoms with Gasteiger partial charge in [-0.3, -0.25) is 9.79 Å². The molecule has 0 aliphatic carbocycles. The maximum absolute atomic E-state index is 13.2. The third kappa shape index (κ3) is 6.63. The Morgan fingerprint density at radius 2 is 2.28 bits per heavy atom. The molecule has 0 fully saturated rings. The average molecular weight is 517 g/mol. The first kappa shape index (κ1) is 23.0. The number of rotatable bonds is 6. The monoisotopic (exact) mass is 517 g/mol. The molecule has 3 N–H and O–H groups in total. The van der Waals surface area contributed by atoms with E-state index in [1.165, 1.54) is 12.1 Å². The molecule has 0 bridgehead atoms. The van der Waals surface area contributed by atoms with Crippen molar-refractivity contribution in [3.8, 4) is 0 Å². The van der Waals surface area contributed by atoms with Gasteiger partial charge in [-0.05, 0) is 24.6 Å². The lowest BCUT2D eigenvalue weighted by Gasteiger charge is -2.25. The van der Waals surface area contributed by atoms with Crippen molar-refractivity contribution in [2.24, 2.45) is 4.99 Å². The molecule has 1 aromatic heterocycles. The van der Waals surface area contributed by atoms with Crippen LogP contribution in [0.4, 0.5) is 10.1 Å². The van der Waals surface area contributed by atoms with Crippen molar-refractivity contribution < 1.29 is 13.9 Å². The number of halogens is 2. The summed E-state index contributed by atoms with van der Waals surface area (Å²) in [6.07, 6.45) is 1.67. The van der Waals surface area contributed by atoms with Gasteiger partial charge < -0.3 is 20.7 Å². The first-order valence-electron chi connectivity index (χ1n) is 9.01. The van der Waals surface area contributed by atoms with Gasteiger partial charge in [-0.2, -0.15) is 5.10 Å². The molecule has 1 aliphatic rings. The van der Waals surface area contributed by atoms with Crippen molar-refractivity contribution in [1.29, 1.82) is 0 Å². The molecule has 3 rings (SSSR count). The molecule has 2 heterocycles. The Kier molecular flexibility index (Phi) is 8.76. The molecular formula is C18H25FIN7O2. The number of guanidine groups is 1. The fraction of sp³-hybridized carbons (Fsp3) is 0.444. The molecule has 1 amide bonds. The van der Waals surface area contributed by atoms with Gasteiger partial charge in [0.1, 0.15) is 18.2 Å². The molecule has 1 aliphatic heterocycles. The number of anilines is 1. The number of aryl methyl sites for hydroxylation is 1. The van der Waals surface area contributed by atoms with Gasteiger partial charge in [0.05, 0.1) is 13.1 Å². The fourth-order valence-electron chi connectivity index (χ4n) is 2.99. The molecule has 2 aromatic rings. The second-order valence-corrected chi connectivity index (χ2v) is 6.42. The summed E-state index contributed by atoms with van der Waals surface area (Å²) in [5, 5.41) is 13.3. The third-order valence-electron chi connectivity index (χ3n) is 4.26. The Hall–Kier alpha value is -2.28. The van der Waals surface area contributed by atoms with Crippen molar-refractivity contribution in [1.82, 2.24) is 25.4 Å². The number of methoxy groups -OCH3 is 1. The van der Waals surface area contributed by atoms with Crippen LogP contribution in [0.15, 0.2) is 29.3 Å². The normalized spacial score (nSPS) is 15.8. The summed E-state index contributed by atoms with van der Waals surface area (Å²) < 4.78 is 20.1. The molecule has 0 radical (unpaired) electrons. The smallest absolute Gasteiger partial charge is 0.243 e. The Morgan fingerprint density at radius 1 is 1.45 bits per heavy atom. The predicted octanol–water partition coefficient (Wildman–Crippen LogP) is 1.30. The lowest BCUT2D eigenvalue weighted by Crippen LogP contribution is -2.48. The molecule has 1 aromatic carbocycles. The minimum atomic E-state index is -0.401. The second kappa shape index (κ2) is 11.0. The number of hydrogen-bond donors (Lipinski definition) is 3. The highest BCUT2D eigenvalue weighted by molar-refractivity contribution is 14.0. The van der Waals surface area contributed by atoms with Gasteiger partial charge in [0.15, 0.2) is 11.8 Å². The number of carbonyl (C=O) groups is 1. The van der Waals surface area contributed by atoms with E-state index in [0.29, 0.717) is 30.6 Å². The predicted molar refractivity (Wildman–Crippen MR) is 118 cm³/mol. The van der Waals surface area contributed by atoms with Crippen LogP contribution in [-0.4, -0.2) is 53.4 Å². The van der Waals surface area contributed by atoms with Crippen LogP contribution in [0.5, 0.6) is 0 Å². The van der Waals surface area contributed by atoms with Gasteiger partial charge in [0.2, 0.25) is 5.91 Å². The van der Waals surface area contributed by atoms with Crippen LogP contribution < -0.4 is 16.0 Å². The summed E-state index contributed by atoms with van der Waals surface area (Å²) in [6, 6.07) is 5.87. The Balaban J connectivity index is 0.00000300. The first-order valence-corrected chi connectivity index (χ1v) is 9.01. The molecule has 158 valence electrons. The van der Waals surface area contributed by atoms with Gasteiger partial charge in [-0.15, -0.1) is 24.0 Å². The van der Waals surface area contributed by atoms with E-state index in [2.05, 4.69) is 31.0 Å². The molecule has 1 unspecified atom stereocenters. The topological polar surface area (TPSA) is 105 Å². The quantitative estimate of drug-likeness (QED) is 0.303. The van der Waals surface area contributed by atoms with E-state index in [4.69, 9.17) is 4.74 Å². The van der Waals surface area contributed by atoms with E-state index in [1.54, 1.807) is 26.3 Å². The van der Waals surface area contributed by atoms with Gasteiger partial charge in [0.25, 0.3) is 0 Å². The summed E-state index contributed by atoms with van der Waals surface area (Å²) in [6.45, 7) is 1.06. The zero-order chi connectivity index (χ0) is 19.9. The highest BCUT2D eigenvalue weighted by Crippen LogP contribution is 2.13. The van der Waals surface area contributed by atoms with E-state index in [1.807, 2.05) is 4.68 Å². The van der Waals surface area contributed by atoms with Gasteiger partial charge in [-0.1, -0.05) is 6.07 Å². The van der Waals surface area contributed by atoms with Gasteiger partial charge in [0, 0.05) is 32.3 Å². The van der Waals surface area contributed by atoms with Crippen LogP contribution in [0.1, 0.15) is 18.1 Å². The molecule has 1 atom stereocenters. The number of fused-ring (bicyclic) bond motifs is 1. The zero-order valence-electron chi connectivity index (χ0n) is 16.3. The number of carbonyl (C=O) groups excluding carboxylic acids is 1. The van der Waals surface area contributed by atoms with Crippen molar-refractivity contribution in [3.63, 3.8) is 0 Å². The largest absolute Gasteiger partial charge is 0.377 e. The average Bonchev–Trinajstić information content (AvgIpc) is 3.07. The number of benzene rings is 1. The van der Waals surface area contributed by atoms with E-state index >= 15 is 0 Å². The second-order valence-electron chi connectivity index (χ2n) is 6.42. The standard InChI is InChI=1S/C18H24FN7O2.HI/c1-20-18(21-9-17(27)22-13-5-3-4-12(19)8-13)23-14-6-7-16-24-15(11-28-2)25-26(16)10-14;/h3-5,8,14H,6-7,9-11H2,1-2H3,(H,22,27)(H2,20,21,23);1H. The van der Waals surface area contributed by atoms with Crippen LogP contribution in [0.3, 0.4) is 0 Å². The number of aromatic nitrogens is 3. The minimum absolute atomic E-state index is 0. The van der Waals surface area contributed by atoms with E-state index in [9.17, 15) is 9.18 Å². The summed E-state index contributed by atoms with van der Waals surface area (Å²) in [5.74, 6) is 1.44. The molecule has 0 saturated carbocycles. The van der Waals surface area contributed by atoms with Gasteiger partial charge >= 0.3 is 0 Å². The summed E-state index contributed by atoms with van der Waals surface area (Å²) in [4.78, 5) is 20.7. The third-order valence-corrected chi connectivity index (χ3v) is 4.26. The molecular weight excluding hydrogens is 492 g/mol. The van der Waals surface area contributed by atoms with E-state index < -0.39 is 5.82 Å².